The van der Waals surface area contributed by atoms with Gasteiger partial charge in [0.2, 0.25) is 0 Å². The first-order valence-electron chi connectivity index (χ1n) is 8.47. The van der Waals surface area contributed by atoms with Crippen LogP contribution in [-0.2, 0) is 16.4 Å². The Morgan fingerprint density at radius 1 is 0.808 bits per heavy atom. The van der Waals surface area contributed by atoms with Crippen molar-refractivity contribution < 1.29 is 8.42 Å². The number of allylic oxidation sites excluding steroid dienone is 1. The van der Waals surface area contributed by atoms with Crippen molar-refractivity contribution in [3.63, 3.8) is 0 Å². The Hall–Kier alpha value is -2.85. The standard InChI is InChI=1S/C22H19NO2S/c1-26(24,25)18-14-12-17(13-15-18)7-6-16-23-21-10-4-2-8-19(21)20-9-3-5-11-22(20)23/h2-15H,16H2,1H3/b7-6+. The fraction of sp³-hybridized carbons (Fsp3) is 0.0909. The molecular formula is C22H19NO2S. The van der Waals surface area contributed by atoms with Gasteiger partial charge in [-0.3, -0.25) is 0 Å². The molecule has 3 aromatic carbocycles. The van der Waals surface area contributed by atoms with E-state index in [1.807, 2.05) is 18.2 Å². The first-order chi connectivity index (χ1) is 12.5. The minimum absolute atomic E-state index is 0.344. The molecule has 0 aliphatic heterocycles. The molecule has 0 radical (unpaired) electrons. The predicted molar refractivity (Wildman–Crippen MR) is 108 cm³/mol. The molecule has 4 rings (SSSR count). The van der Waals surface area contributed by atoms with Crippen molar-refractivity contribution in [1.29, 1.82) is 0 Å². The van der Waals surface area contributed by atoms with E-state index in [-0.39, 0.29) is 0 Å². The van der Waals surface area contributed by atoms with E-state index in [0.717, 1.165) is 12.1 Å². The van der Waals surface area contributed by atoms with Crippen molar-refractivity contribution in [1.82, 2.24) is 4.57 Å². The molecule has 0 saturated carbocycles. The van der Waals surface area contributed by atoms with E-state index < -0.39 is 9.84 Å². The molecule has 0 aliphatic carbocycles. The van der Waals surface area contributed by atoms with Crippen LogP contribution >= 0.6 is 0 Å². The minimum Gasteiger partial charge on any atom is -0.337 e. The number of sulfone groups is 1. The van der Waals surface area contributed by atoms with Gasteiger partial charge in [-0.1, -0.05) is 60.7 Å². The summed E-state index contributed by atoms with van der Waals surface area (Å²) in [5.74, 6) is 0. The van der Waals surface area contributed by atoms with Gasteiger partial charge in [-0.15, -0.1) is 0 Å². The van der Waals surface area contributed by atoms with Crippen molar-refractivity contribution in [3.8, 4) is 0 Å². The largest absolute Gasteiger partial charge is 0.337 e. The lowest BCUT2D eigenvalue weighted by atomic mass is 10.2. The average Bonchev–Trinajstić information content (AvgIpc) is 2.96. The monoisotopic (exact) mass is 361 g/mol. The molecular weight excluding hydrogens is 342 g/mol. The molecule has 3 nitrogen and oxygen atoms in total. The lowest BCUT2D eigenvalue weighted by molar-refractivity contribution is 0.602. The number of hydrogen-bond donors (Lipinski definition) is 0. The third kappa shape index (κ3) is 3.04. The summed E-state index contributed by atoms with van der Waals surface area (Å²) in [6.45, 7) is 0.752. The Kier molecular flexibility index (Phi) is 4.13. The third-order valence-electron chi connectivity index (χ3n) is 4.59. The number of fused-ring (bicyclic) bond motifs is 3. The van der Waals surface area contributed by atoms with E-state index in [2.05, 4.69) is 59.2 Å². The van der Waals surface area contributed by atoms with Crippen LogP contribution in [0.5, 0.6) is 0 Å². The number of rotatable bonds is 4. The molecule has 4 aromatic rings. The minimum atomic E-state index is -3.15. The van der Waals surface area contributed by atoms with Gasteiger partial charge in [0, 0.05) is 34.6 Å². The normalized spacial score (nSPS) is 12.3. The maximum Gasteiger partial charge on any atom is 0.175 e. The van der Waals surface area contributed by atoms with Gasteiger partial charge < -0.3 is 4.57 Å². The highest BCUT2D eigenvalue weighted by Crippen LogP contribution is 2.28. The second-order valence-electron chi connectivity index (χ2n) is 6.39. The molecule has 1 heterocycles. The molecule has 0 N–H and O–H groups in total. The van der Waals surface area contributed by atoms with Gasteiger partial charge >= 0.3 is 0 Å². The Labute approximate surface area is 153 Å². The molecule has 0 aliphatic rings. The highest BCUT2D eigenvalue weighted by atomic mass is 32.2. The van der Waals surface area contributed by atoms with E-state index in [1.54, 1.807) is 12.1 Å². The Bertz CT molecular complexity index is 1160. The number of hydrogen-bond acceptors (Lipinski definition) is 2. The zero-order chi connectivity index (χ0) is 18.1. The second-order valence-corrected chi connectivity index (χ2v) is 8.40. The van der Waals surface area contributed by atoms with Gasteiger partial charge in [0.05, 0.1) is 4.90 Å². The van der Waals surface area contributed by atoms with Crippen LogP contribution in [0.4, 0.5) is 0 Å². The van der Waals surface area contributed by atoms with E-state index in [0.29, 0.717) is 4.90 Å². The van der Waals surface area contributed by atoms with Crippen LogP contribution in [0.15, 0.2) is 83.8 Å². The van der Waals surface area contributed by atoms with E-state index in [4.69, 9.17) is 0 Å². The lowest BCUT2D eigenvalue weighted by Gasteiger charge is -2.04. The molecule has 0 bridgehead atoms. The van der Waals surface area contributed by atoms with Gasteiger partial charge in [-0.05, 0) is 29.8 Å². The Balaban J connectivity index is 1.66. The zero-order valence-electron chi connectivity index (χ0n) is 14.5. The van der Waals surface area contributed by atoms with Crippen molar-refractivity contribution in [2.24, 2.45) is 0 Å². The summed E-state index contributed by atoms with van der Waals surface area (Å²) in [6, 6.07) is 23.8. The summed E-state index contributed by atoms with van der Waals surface area (Å²) in [6.07, 6.45) is 5.35. The quantitative estimate of drug-likeness (QED) is 0.518. The maximum atomic E-state index is 11.5. The molecule has 0 spiro atoms. The number of aromatic nitrogens is 1. The van der Waals surface area contributed by atoms with Gasteiger partial charge in [0.15, 0.2) is 9.84 Å². The van der Waals surface area contributed by atoms with Crippen LogP contribution < -0.4 is 0 Å². The van der Waals surface area contributed by atoms with Gasteiger partial charge in [-0.2, -0.15) is 0 Å². The van der Waals surface area contributed by atoms with Crippen molar-refractivity contribution in [2.45, 2.75) is 11.4 Å². The summed E-state index contributed by atoms with van der Waals surface area (Å²) in [5, 5.41) is 2.52. The maximum absolute atomic E-state index is 11.5. The molecule has 0 saturated heterocycles. The summed E-state index contributed by atoms with van der Waals surface area (Å²) >= 11 is 0. The summed E-state index contributed by atoms with van der Waals surface area (Å²) < 4.78 is 25.4. The van der Waals surface area contributed by atoms with E-state index in [1.165, 1.54) is 28.1 Å². The fourth-order valence-corrected chi connectivity index (χ4v) is 3.95. The number of nitrogens with zero attached hydrogens (tertiary/aromatic N) is 1. The van der Waals surface area contributed by atoms with Crippen molar-refractivity contribution in [2.75, 3.05) is 6.26 Å². The zero-order valence-corrected chi connectivity index (χ0v) is 15.3. The molecule has 0 fully saturated rings. The Morgan fingerprint density at radius 3 is 1.88 bits per heavy atom. The van der Waals surface area contributed by atoms with E-state index >= 15 is 0 Å². The van der Waals surface area contributed by atoms with Crippen molar-refractivity contribution >= 4 is 37.7 Å². The second kappa shape index (κ2) is 6.46. The molecule has 0 atom stereocenters. The van der Waals surface area contributed by atoms with Gasteiger partial charge in [-0.25, -0.2) is 8.42 Å². The predicted octanol–water partition coefficient (Wildman–Crippen LogP) is 4.91. The molecule has 0 unspecified atom stereocenters. The lowest BCUT2D eigenvalue weighted by Crippen LogP contribution is -1.96. The average molecular weight is 361 g/mol. The SMILES string of the molecule is CS(=O)(=O)c1ccc(/C=C/Cn2c3ccccc3c3ccccc32)cc1. The molecule has 1 aromatic heterocycles. The molecule has 130 valence electrons. The highest BCUT2D eigenvalue weighted by Gasteiger charge is 2.08. The number of benzene rings is 3. The van der Waals surface area contributed by atoms with Crippen LogP contribution in [0, 0.1) is 0 Å². The third-order valence-corrected chi connectivity index (χ3v) is 5.71. The molecule has 26 heavy (non-hydrogen) atoms. The van der Waals surface area contributed by atoms with Crippen LogP contribution in [0.2, 0.25) is 0 Å². The summed E-state index contributed by atoms with van der Waals surface area (Å²) in [7, 11) is -3.15. The van der Waals surface area contributed by atoms with Crippen LogP contribution in [-0.4, -0.2) is 19.2 Å². The van der Waals surface area contributed by atoms with Gasteiger partial charge in [0.1, 0.15) is 0 Å². The topological polar surface area (TPSA) is 39.1 Å². The van der Waals surface area contributed by atoms with Crippen LogP contribution in [0.25, 0.3) is 27.9 Å². The number of para-hydroxylation sites is 2. The van der Waals surface area contributed by atoms with E-state index in [9.17, 15) is 8.42 Å². The summed E-state index contributed by atoms with van der Waals surface area (Å²) in [4.78, 5) is 0.344. The van der Waals surface area contributed by atoms with Gasteiger partial charge in [0.25, 0.3) is 0 Å². The van der Waals surface area contributed by atoms with Crippen molar-refractivity contribution in [3.05, 3.63) is 84.4 Å². The Morgan fingerprint density at radius 2 is 1.35 bits per heavy atom. The first-order valence-corrected chi connectivity index (χ1v) is 10.4. The summed E-state index contributed by atoms with van der Waals surface area (Å²) in [5.41, 5.74) is 3.41. The molecule has 4 heteroatoms. The smallest absolute Gasteiger partial charge is 0.175 e. The van der Waals surface area contributed by atoms with Crippen LogP contribution in [0.1, 0.15) is 5.56 Å². The first kappa shape index (κ1) is 16.6. The highest BCUT2D eigenvalue weighted by molar-refractivity contribution is 7.90. The fourth-order valence-electron chi connectivity index (χ4n) is 3.32. The molecule has 0 amide bonds. The van der Waals surface area contributed by atoms with Crippen LogP contribution in [0.3, 0.4) is 0 Å².